The van der Waals surface area contributed by atoms with Gasteiger partial charge in [0.2, 0.25) is 0 Å². The lowest BCUT2D eigenvalue weighted by molar-refractivity contribution is -0.327. The molecule has 1 aliphatic carbocycles. The second-order valence-corrected chi connectivity index (χ2v) is 6.49. The van der Waals surface area contributed by atoms with Crippen LogP contribution in [0.25, 0.3) is 22.0 Å². The van der Waals surface area contributed by atoms with Crippen molar-refractivity contribution in [3.8, 4) is 11.1 Å². The Bertz CT molecular complexity index is 789. The Hall–Kier alpha value is -2.35. The maximum atomic E-state index is 3.73. The van der Waals surface area contributed by atoms with Crippen LogP contribution in [0.2, 0.25) is 0 Å². The standard InChI is InChI=1S/C21H22N2/c1-3-9-16(10-4-1)19-15-21(22-17-11-5-2-6-12-17)23-20-14-8-7-13-18(19)20/h1,3-4,7-10,13-15,17H,2,5-6,11-12H2,(H,22,23)/p+1. The lowest BCUT2D eigenvalue weighted by atomic mass is 9.95. The van der Waals surface area contributed by atoms with E-state index in [9.17, 15) is 0 Å². The fraction of sp³-hybridized carbons (Fsp3) is 0.286. The first-order chi connectivity index (χ1) is 11.4. The molecule has 23 heavy (non-hydrogen) atoms. The summed E-state index contributed by atoms with van der Waals surface area (Å²) in [7, 11) is 0. The highest BCUT2D eigenvalue weighted by Gasteiger charge is 2.19. The van der Waals surface area contributed by atoms with E-state index >= 15 is 0 Å². The van der Waals surface area contributed by atoms with Crippen molar-refractivity contribution in [3.63, 3.8) is 0 Å². The summed E-state index contributed by atoms with van der Waals surface area (Å²) in [6, 6.07) is 22.1. The second kappa shape index (κ2) is 6.41. The molecule has 1 heterocycles. The number of fused-ring (bicyclic) bond motifs is 1. The molecule has 1 saturated carbocycles. The van der Waals surface area contributed by atoms with Crippen LogP contribution < -0.4 is 10.3 Å². The molecule has 1 aromatic heterocycles. The third kappa shape index (κ3) is 3.07. The number of aromatic nitrogens is 1. The van der Waals surface area contributed by atoms with E-state index in [1.54, 1.807) is 0 Å². The van der Waals surface area contributed by atoms with Crippen molar-refractivity contribution < 1.29 is 4.98 Å². The molecule has 2 heteroatoms. The van der Waals surface area contributed by atoms with Gasteiger partial charge in [0.05, 0.1) is 6.04 Å². The first-order valence-corrected chi connectivity index (χ1v) is 8.67. The van der Waals surface area contributed by atoms with Gasteiger partial charge in [0.15, 0.2) is 0 Å². The normalized spacial score (nSPS) is 15.7. The molecule has 1 aliphatic rings. The van der Waals surface area contributed by atoms with Crippen LogP contribution in [0, 0.1) is 0 Å². The van der Waals surface area contributed by atoms with Crippen molar-refractivity contribution in [3.05, 3.63) is 60.7 Å². The molecule has 0 saturated heterocycles. The molecule has 4 rings (SSSR count). The maximum absolute atomic E-state index is 3.73. The summed E-state index contributed by atoms with van der Waals surface area (Å²) in [6.07, 6.45) is 6.63. The van der Waals surface area contributed by atoms with E-state index in [1.807, 2.05) is 0 Å². The number of hydrogen-bond acceptors (Lipinski definition) is 1. The van der Waals surface area contributed by atoms with Gasteiger partial charge in [0.1, 0.15) is 5.52 Å². The molecular weight excluding hydrogens is 280 g/mol. The number of rotatable bonds is 3. The molecule has 0 radical (unpaired) electrons. The molecular formula is C21H23N2+. The Morgan fingerprint density at radius 2 is 1.57 bits per heavy atom. The molecule has 0 atom stereocenters. The van der Waals surface area contributed by atoms with Crippen LogP contribution in [0.1, 0.15) is 32.1 Å². The third-order valence-corrected chi connectivity index (χ3v) is 4.82. The summed E-state index contributed by atoms with van der Waals surface area (Å²) in [5.41, 5.74) is 3.75. The molecule has 2 N–H and O–H groups in total. The lowest BCUT2D eigenvalue weighted by Crippen LogP contribution is -2.26. The highest BCUT2D eigenvalue weighted by Crippen LogP contribution is 2.29. The van der Waals surface area contributed by atoms with Crippen LogP contribution in [-0.4, -0.2) is 6.04 Å². The van der Waals surface area contributed by atoms with Gasteiger partial charge in [0.25, 0.3) is 5.82 Å². The van der Waals surface area contributed by atoms with Gasteiger partial charge >= 0.3 is 0 Å². The van der Waals surface area contributed by atoms with E-state index in [-0.39, 0.29) is 0 Å². The van der Waals surface area contributed by atoms with Gasteiger partial charge < -0.3 is 0 Å². The van der Waals surface area contributed by atoms with Crippen molar-refractivity contribution in [2.45, 2.75) is 38.1 Å². The third-order valence-electron chi connectivity index (χ3n) is 4.82. The zero-order valence-electron chi connectivity index (χ0n) is 13.4. The van der Waals surface area contributed by atoms with E-state index in [1.165, 1.54) is 54.1 Å². The average molecular weight is 303 g/mol. The fourth-order valence-electron chi connectivity index (χ4n) is 3.63. The minimum Gasteiger partial charge on any atom is -0.272 e. The highest BCUT2D eigenvalue weighted by atomic mass is 15.0. The number of benzene rings is 2. The van der Waals surface area contributed by atoms with Gasteiger partial charge in [0, 0.05) is 17.0 Å². The summed E-state index contributed by atoms with van der Waals surface area (Å²) in [5.74, 6) is 1.13. The first-order valence-electron chi connectivity index (χ1n) is 8.67. The zero-order valence-corrected chi connectivity index (χ0v) is 13.4. The van der Waals surface area contributed by atoms with Gasteiger partial charge in [-0.2, -0.15) is 0 Å². The number of para-hydroxylation sites is 1. The largest absolute Gasteiger partial charge is 0.273 e. The Labute approximate surface area is 137 Å². The topological polar surface area (TPSA) is 26.2 Å². The quantitative estimate of drug-likeness (QED) is 0.718. The maximum Gasteiger partial charge on any atom is 0.273 e. The number of anilines is 1. The van der Waals surface area contributed by atoms with E-state index < -0.39 is 0 Å². The SMILES string of the molecule is c1ccc(-c2cc(NC3CCCCC3)[nH+]c3ccccc23)cc1. The average Bonchev–Trinajstić information content (AvgIpc) is 2.63. The Balaban J connectivity index is 1.77. The van der Waals surface area contributed by atoms with E-state index in [4.69, 9.17) is 0 Å². The van der Waals surface area contributed by atoms with Crippen LogP contribution in [-0.2, 0) is 0 Å². The van der Waals surface area contributed by atoms with Crippen LogP contribution in [0.15, 0.2) is 60.7 Å². The number of pyridine rings is 1. The van der Waals surface area contributed by atoms with Gasteiger partial charge in [-0.05, 0) is 37.3 Å². The van der Waals surface area contributed by atoms with Crippen LogP contribution >= 0.6 is 0 Å². The molecule has 116 valence electrons. The summed E-state index contributed by atoms with van der Waals surface area (Å²) in [6.45, 7) is 0. The summed E-state index contributed by atoms with van der Waals surface area (Å²) in [5, 5.41) is 5.00. The molecule has 2 aromatic carbocycles. The predicted octanol–water partition coefficient (Wildman–Crippen LogP) is 5.07. The molecule has 0 spiro atoms. The van der Waals surface area contributed by atoms with Crippen molar-refractivity contribution in [2.75, 3.05) is 5.32 Å². The minimum absolute atomic E-state index is 0.602. The molecule has 2 nitrogen and oxygen atoms in total. The van der Waals surface area contributed by atoms with Crippen molar-refractivity contribution in [2.24, 2.45) is 0 Å². The fourth-order valence-corrected chi connectivity index (χ4v) is 3.63. The van der Waals surface area contributed by atoms with Crippen LogP contribution in [0.3, 0.4) is 0 Å². The summed E-state index contributed by atoms with van der Waals surface area (Å²) in [4.78, 5) is 3.57. The molecule has 0 unspecified atom stereocenters. The van der Waals surface area contributed by atoms with Crippen LogP contribution in [0.4, 0.5) is 5.82 Å². The van der Waals surface area contributed by atoms with Gasteiger partial charge in [-0.3, -0.25) is 5.32 Å². The molecule has 0 aliphatic heterocycles. The van der Waals surface area contributed by atoms with Crippen molar-refractivity contribution >= 4 is 16.7 Å². The summed E-state index contributed by atoms with van der Waals surface area (Å²) >= 11 is 0. The van der Waals surface area contributed by atoms with E-state index in [2.05, 4.69) is 71.0 Å². The Morgan fingerprint density at radius 3 is 2.39 bits per heavy atom. The Kier molecular flexibility index (Phi) is 3.97. The zero-order chi connectivity index (χ0) is 15.5. The molecule has 0 amide bonds. The lowest BCUT2D eigenvalue weighted by Gasteiger charge is -2.19. The van der Waals surface area contributed by atoms with E-state index in [0.29, 0.717) is 6.04 Å². The number of hydrogen-bond donors (Lipinski definition) is 1. The smallest absolute Gasteiger partial charge is 0.272 e. The monoisotopic (exact) mass is 303 g/mol. The second-order valence-electron chi connectivity index (χ2n) is 6.49. The van der Waals surface area contributed by atoms with Crippen molar-refractivity contribution in [1.82, 2.24) is 0 Å². The number of aromatic amines is 1. The number of H-pyrrole nitrogens is 1. The van der Waals surface area contributed by atoms with E-state index in [0.717, 1.165) is 5.82 Å². The highest BCUT2D eigenvalue weighted by molar-refractivity contribution is 5.93. The van der Waals surface area contributed by atoms with Gasteiger partial charge in [-0.25, -0.2) is 4.98 Å². The molecule has 1 fully saturated rings. The predicted molar refractivity (Wildman–Crippen MR) is 96.4 cm³/mol. The Morgan fingerprint density at radius 1 is 0.826 bits per heavy atom. The molecule has 3 aromatic rings. The molecule has 0 bridgehead atoms. The van der Waals surface area contributed by atoms with Gasteiger partial charge in [-0.15, -0.1) is 0 Å². The minimum atomic E-state index is 0.602. The summed E-state index contributed by atoms with van der Waals surface area (Å²) < 4.78 is 0. The van der Waals surface area contributed by atoms with Gasteiger partial charge in [-0.1, -0.05) is 55.0 Å². The number of nitrogens with one attached hydrogen (secondary N) is 2. The van der Waals surface area contributed by atoms with Crippen molar-refractivity contribution in [1.29, 1.82) is 0 Å². The first kappa shape index (κ1) is 14.3. The van der Waals surface area contributed by atoms with Crippen LogP contribution in [0.5, 0.6) is 0 Å².